The van der Waals surface area contributed by atoms with E-state index >= 15 is 4.39 Å². The van der Waals surface area contributed by atoms with Crippen molar-refractivity contribution in [3.63, 3.8) is 0 Å². The molecule has 0 atom stereocenters. The summed E-state index contributed by atoms with van der Waals surface area (Å²) in [5.41, 5.74) is 7.90. The Morgan fingerprint density at radius 1 is 0.521 bits per heavy atom. The van der Waals surface area contributed by atoms with Gasteiger partial charge in [0.05, 0.1) is 5.69 Å². The monoisotopic (exact) mass is 640 g/mol. The van der Waals surface area contributed by atoms with E-state index in [1.54, 1.807) is 12.3 Å². The van der Waals surface area contributed by atoms with Crippen molar-refractivity contribution in [3.05, 3.63) is 107 Å². The first-order valence-electron chi connectivity index (χ1n) is 17.0. The molecule has 0 N–H and O–H groups in total. The van der Waals surface area contributed by atoms with Crippen LogP contribution < -0.4 is 0 Å². The molecule has 2 heterocycles. The molecule has 0 saturated carbocycles. The summed E-state index contributed by atoms with van der Waals surface area (Å²) in [6.07, 6.45) is 1.79. The van der Waals surface area contributed by atoms with Gasteiger partial charge >= 0.3 is 0 Å². The van der Waals surface area contributed by atoms with Crippen molar-refractivity contribution in [1.29, 1.82) is 0 Å². The van der Waals surface area contributed by atoms with Crippen LogP contribution in [0.5, 0.6) is 0 Å². The molecule has 0 amide bonds. The van der Waals surface area contributed by atoms with Gasteiger partial charge in [0, 0.05) is 28.5 Å². The van der Waals surface area contributed by atoms with Gasteiger partial charge in [-0.15, -0.1) is 0 Å². The van der Waals surface area contributed by atoms with E-state index in [1.165, 1.54) is 11.1 Å². The van der Waals surface area contributed by atoms with Crippen LogP contribution in [0.3, 0.4) is 0 Å². The summed E-state index contributed by atoms with van der Waals surface area (Å²) in [6.45, 7) is 26.5. The zero-order chi connectivity index (χ0) is 35.0. The summed E-state index contributed by atoms with van der Waals surface area (Å²) < 4.78 is 15.9. The standard InChI is InChI=1S/C43H49FN4/c1-39(2,3)30-18-13-26(14-19-30)36-46-37(27-15-20-31(21-16-27)40(4,5)6)48-38(47-36)28-17-22-34(45-25-28)29-23-32-35(33(44)24-29)42(9,10)43(11,12)41(32,7)8/h13-25H,1-12H3. The first kappa shape index (κ1) is 33.6. The molecule has 0 radical (unpaired) electrons. The SMILES string of the molecule is CC(C)(C)c1ccc(-c2nc(-c3ccc(C(C)(C)C)cc3)nc(-c3ccc(-c4cc(F)c5c(c4)C(C)(C)C(C)(C)C5(C)C)nc3)n2)cc1. The number of hydrogen-bond donors (Lipinski definition) is 0. The van der Waals surface area contributed by atoms with Gasteiger partial charge in [0.25, 0.3) is 0 Å². The number of halogens is 1. The summed E-state index contributed by atoms with van der Waals surface area (Å²) in [7, 11) is 0. The first-order valence-corrected chi connectivity index (χ1v) is 17.0. The van der Waals surface area contributed by atoms with Gasteiger partial charge in [-0.25, -0.2) is 19.3 Å². The van der Waals surface area contributed by atoms with Gasteiger partial charge < -0.3 is 0 Å². The number of benzene rings is 3. The maximum Gasteiger partial charge on any atom is 0.165 e. The molecule has 5 heteroatoms. The van der Waals surface area contributed by atoms with Crippen molar-refractivity contribution in [2.24, 2.45) is 5.41 Å². The van der Waals surface area contributed by atoms with Crippen LogP contribution in [0.4, 0.5) is 4.39 Å². The second-order valence-corrected chi connectivity index (χ2v) is 17.1. The molecule has 0 aliphatic heterocycles. The van der Waals surface area contributed by atoms with E-state index in [4.69, 9.17) is 19.9 Å². The molecule has 0 unspecified atom stereocenters. The van der Waals surface area contributed by atoms with Crippen LogP contribution in [0, 0.1) is 11.2 Å². The van der Waals surface area contributed by atoms with Gasteiger partial charge in [0.1, 0.15) is 5.82 Å². The van der Waals surface area contributed by atoms with Crippen LogP contribution in [0.25, 0.3) is 45.4 Å². The molecule has 248 valence electrons. The van der Waals surface area contributed by atoms with Crippen LogP contribution in [0.15, 0.2) is 79.0 Å². The fraction of sp³-hybridized carbons (Fsp3) is 0.395. The highest BCUT2D eigenvalue weighted by Crippen LogP contribution is 2.62. The molecule has 1 aliphatic carbocycles. The second-order valence-electron chi connectivity index (χ2n) is 17.1. The number of hydrogen-bond acceptors (Lipinski definition) is 4. The minimum absolute atomic E-state index is 0.0417. The minimum atomic E-state index is -0.306. The van der Waals surface area contributed by atoms with E-state index in [2.05, 4.69) is 138 Å². The van der Waals surface area contributed by atoms with Gasteiger partial charge in [0.2, 0.25) is 0 Å². The van der Waals surface area contributed by atoms with Gasteiger partial charge in [0.15, 0.2) is 17.5 Å². The van der Waals surface area contributed by atoms with Crippen molar-refractivity contribution >= 4 is 0 Å². The fourth-order valence-electron chi connectivity index (χ4n) is 7.01. The van der Waals surface area contributed by atoms with E-state index in [-0.39, 0.29) is 32.9 Å². The Balaban J connectivity index is 1.42. The zero-order valence-corrected chi connectivity index (χ0v) is 30.7. The number of aromatic nitrogens is 4. The summed E-state index contributed by atoms with van der Waals surface area (Å²) in [4.78, 5) is 19.7. The lowest BCUT2D eigenvalue weighted by molar-refractivity contribution is 0.123. The fourth-order valence-corrected chi connectivity index (χ4v) is 7.01. The molecule has 2 aromatic heterocycles. The van der Waals surface area contributed by atoms with Gasteiger partial charge in [-0.1, -0.05) is 132 Å². The highest BCUT2D eigenvalue weighted by Gasteiger charge is 2.58. The predicted molar refractivity (Wildman–Crippen MR) is 197 cm³/mol. The highest BCUT2D eigenvalue weighted by atomic mass is 19.1. The molecular formula is C43H49FN4. The van der Waals surface area contributed by atoms with Crippen molar-refractivity contribution in [3.8, 4) is 45.4 Å². The lowest BCUT2D eigenvalue weighted by atomic mass is 9.59. The largest absolute Gasteiger partial charge is 0.255 e. The third-order valence-corrected chi connectivity index (χ3v) is 11.5. The molecular weight excluding hydrogens is 591 g/mol. The summed E-state index contributed by atoms with van der Waals surface area (Å²) in [5, 5.41) is 0. The van der Waals surface area contributed by atoms with E-state index in [1.807, 2.05) is 12.1 Å². The average Bonchev–Trinajstić information content (AvgIpc) is 3.13. The average molecular weight is 641 g/mol. The molecule has 0 saturated heterocycles. The molecule has 5 aromatic rings. The van der Waals surface area contributed by atoms with Gasteiger partial charge in [-0.05, 0) is 73.6 Å². The summed E-state index contributed by atoms with van der Waals surface area (Å²) >= 11 is 0. The third kappa shape index (κ3) is 5.55. The topological polar surface area (TPSA) is 51.6 Å². The molecule has 48 heavy (non-hydrogen) atoms. The Hall–Kier alpha value is -4.25. The summed E-state index contributed by atoms with van der Waals surface area (Å²) in [6, 6.07) is 24.6. The van der Waals surface area contributed by atoms with Gasteiger partial charge in [-0.3, -0.25) is 4.98 Å². The lowest BCUT2D eigenvalue weighted by Gasteiger charge is -2.44. The Bertz CT molecular complexity index is 1910. The van der Waals surface area contributed by atoms with Crippen molar-refractivity contribution in [2.75, 3.05) is 0 Å². The molecule has 0 bridgehead atoms. The van der Waals surface area contributed by atoms with E-state index in [0.717, 1.165) is 33.4 Å². The molecule has 6 rings (SSSR count). The van der Waals surface area contributed by atoms with Crippen LogP contribution in [0.1, 0.15) is 105 Å². The van der Waals surface area contributed by atoms with Crippen molar-refractivity contribution in [2.45, 2.75) is 105 Å². The number of nitrogens with zero attached hydrogens (tertiary/aromatic N) is 4. The molecule has 3 aromatic carbocycles. The van der Waals surface area contributed by atoms with E-state index in [0.29, 0.717) is 23.2 Å². The normalized spacial score (nSPS) is 16.5. The van der Waals surface area contributed by atoms with Crippen LogP contribution in [0.2, 0.25) is 0 Å². The minimum Gasteiger partial charge on any atom is -0.255 e. The van der Waals surface area contributed by atoms with E-state index in [9.17, 15) is 0 Å². The maximum atomic E-state index is 15.9. The molecule has 1 aliphatic rings. The maximum absolute atomic E-state index is 15.9. The Morgan fingerprint density at radius 3 is 1.38 bits per heavy atom. The Morgan fingerprint density at radius 2 is 0.958 bits per heavy atom. The predicted octanol–water partition coefficient (Wildman–Crippen LogP) is 11.3. The Labute approximate surface area is 286 Å². The third-order valence-electron chi connectivity index (χ3n) is 11.5. The quantitative estimate of drug-likeness (QED) is 0.196. The smallest absolute Gasteiger partial charge is 0.165 e. The Kier molecular flexibility index (Phi) is 7.82. The van der Waals surface area contributed by atoms with Crippen LogP contribution in [-0.4, -0.2) is 19.9 Å². The van der Waals surface area contributed by atoms with Crippen molar-refractivity contribution < 1.29 is 4.39 Å². The van der Waals surface area contributed by atoms with Gasteiger partial charge in [-0.2, -0.15) is 0 Å². The number of pyridine rings is 1. The summed E-state index contributed by atoms with van der Waals surface area (Å²) in [5.74, 6) is 1.58. The number of rotatable bonds is 4. The second kappa shape index (κ2) is 11.1. The highest BCUT2D eigenvalue weighted by molar-refractivity contribution is 5.70. The number of fused-ring (bicyclic) bond motifs is 1. The van der Waals surface area contributed by atoms with Crippen LogP contribution >= 0.6 is 0 Å². The zero-order valence-electron chi connectivity index (χ0n) is 30.7. The van der Waals surface area contributed by atoms with E-state index < -0.39 is 0 Å². The molecule has 4 nitrogen and oxygen atoms in total. The van der Waals surface area contributed by atoms with Crippen molar-refractivity contribution in [1.82, 2.24) is 19.9 Å². The van der Waals surface area contributed by atoms with Crippen LogP contribution in [-0.2, 0) is 21.7 Å². The molecule has 0 spiro atoms. The first-order chi connectivity index (χ1) is 22.2. The molecule has 0 fully saturated rings. The lowest BCUT2D eigenvalue weighted by Crippen LogP contribution is -2.42.